The van der Waals surface area contributed by atoms with Crippen molar-refractivity contribution in [3.63, 3.8) is 0 Å². The van der Waals surface area contributed by atoms with Crippen LogP contribution in [-0.4, -0.2) is 37.7 Å². The first-order valence-electron chi connectivity index (χ1n) is 7.42. The lowest BCUT2D eigenvalue weighted by atomic mass is 10.1. The summed E-state index contributed by atoms with van der Waals surface area (Å²) < 4.78 is 18.5. The molecule has 2 unspecified atom stereocenters. The molecule has 2 atom stereocenters. The predicted molar refractivity (Wildman–Crippen MR) is 79.6 cm³/mol. The summed E-state index contributed by atoms with van der Waals surface area (Å²) in [4.78, 5) is 2.50. The van der Waals surface area contributed by atoms with E-state index in [0.29, 0.717) is 11.8 Å². The molecule has 3 nitrogen and oxygen atoms in total. The van der Waals surface area contributed by atoms with Crippen LogP contribution in [0.2, 0.25) is 0 Å². The first-order valence-corrected chi connectivity index (χ1v) is 7.42. The second-order valence-corrected chi connectivity index (χ2v) is 5.69. The third-order valence-corrected chi connectivity index (χ3v) is 3.94. The zero-order valence-corrected chi connectivity index (χ0v) is 12.7. The molecule has 1 N–H and O–H groups in total. The van der Waals surface area contributed by atoms with E-state index in [1.807, 2.05) is 6.07 Å². The van der Waals surface area contributed by atoms with Gasteiger partial charge >= 0.3 is 0 Å². The number of hydrogen-bond donors (Lipinski definition) is 1. The van der Waals surface area contributed by atoms with Crippen molar-refractivity contribution >= 4 is 0 Å². The van der Waals surface area contributed by atoms with E-state index in [0.717, 1.165) is 12.1 Å². The Morgan fingerprint density at radius 3 is 2.65 bits per heavy atom. The molecule has 2 rings (SSSR count). The predicted octanol–water partition coefficient (Wildman–Crippen LogP) is 2.97. The van der Waals surface area contributed by atoms with Crippen LogP contribution < -0.4 is 10.1 Å². The Labute approximate surface area is 121 Å². The summed E-state index contributed by atoms with van der Waals surface area (Å²) in [6.45, 7) is 7.81. The summed E-state index contributed by atoms with van der Waals surface area (Å²) in [6.07, 6.45) is 2.63. The third kappa shape index (κ3) is 3.93. The number of likely N-dealkylation sites (tertiary alicyclic amines) is 1. The largest absolute Gasteiger partial charge is 0.494 e. The van der Waals surface area contributed by atoms with E-state index < -0.39 is 0 Å². The second kappa shape index (κ2) is 7.04. The van der Waals surface area contributed by atoms with Crippen LogP contribution in [0.1, 0.15) is 38.3 Å². The van der Waals surface area contributed by atoms with Crippen molar-refractivity contribution in [3.05, 3.63) is 29.6 Å². The maximum Gasteiger partial charge on any atom is 0.165 e. The molecule has 1 saturated heterocycles. The van der Waals surface area contributed by atoms with Gasteiger partial charge in [-0.15, -0.1) is 0 Å². The van der Waals surface area contributed by atoms with E-state index in [-0.39, 0.29) is 11.9 Å². The molecule has 1 aliphatic heterocycles. The van der Waals surface area contributed by atoms with E-state index in [2.05, 4.69) is 24.1 Å². The van der Waals surface area contributed by atoms with Crippen LogP contribution in [0.15, 0.2) is 18.2 Å². The van der Waals surface area contributed by atoms with Gasteiger partial charge in [0.25, 0.3) is 0 Å². The minimum Gasteiger partial charge on any atom is -0.494 e. The maximum atomic E-state index is 13.4. The molecule has 1 aromatic carbocycles. The number of benzene rings is 1. The zero-order chi connectivity index (χ0) is 14.5. The van der Waals surface area contributed by atoms with Gasteiger partial charge in [0.15, 0.2) is 11.6 Å². The van der Waals surface area contributed by atoms with Gasteiger partial charge < -0.3 is 15.0 Å². The van der Waals surface area contributed by atoms with Gasteiger partial charge in [-0.3, -0.25) is 0 Å². The average Bonchev–Trinajstić information content (AvgIpc) is 2.91. The molecule has 0 saturated carbocycles. The van der Waals surface area contributed by atoms with Crippen LogP contribution in [0.3, 0.4) is 0 Å². The Morgan fingerprint density at radius 1 is 1.30 bits per heavy atom. The van der Waals surface area contributed by atoms with E-state index in [4.69, 9.17) is 4.74 Å². The molecule has 1 aromatic rings. The summed E-state index contributed by atoms with van der Waals surface area (Å²) in [5, 5.41) is 3.57. The minimum atomic E-state index is -0.312. The minimum absolute atomic E-state index is 0.183. The highest BCUT2D eigenvalue weighted by atomic mass is 19.1. The van der Waals surface area contributed by atoms with Gasteiger partial charge in [0.2, 0.25) is 0 Å². The molecule has 0 radical (unpaired) electrons. The number of methoxy groups -OCH3 is 1. The Hall–Kier alpha value is -1.13. The first kappa shape index (κ1) is 15.3. The summed E-state index contributed by atoms with van der Waals surface area (Å²) in [7, 11) is 1.50. The summed E-state index contributed by atoms with van der Waals surface area (Å²) in [6, 6.07) is 5.66. The molecular weight excluding hydrogens is 255 g/mol. The number of nitrogens with zero attached hydrogens (tertiary/aromatic N) is 1. The van der Waals surface area contributed by atoms with E-state index in [1.54, 1.807) is 6.07 Å². The van der Waals surface area contributed by atoms with Crippen LogP contribution in [-0.2, 0) is 0 Å². The Balaban J connectivity index is 1.91. The molecule has 1 heterocycles. The molecular formula is C16H25FN2O. The smallest absolute Gasteiger partial charge is 0.165 e. The number of nitrogens with one attached hydrogen (secondary N) is 1. The highest BCUT2D eigenvalue weighted by Gasteiger charge is 2.17. The van der Waals surface area contributed by atoms with Crippen LogP contribution >= 0.6 is 0 Å². The molecule has 112 valence electrons. The molecule has 0 bridgehead atoms. The number of hydrogen-bond acceptors (Lipinski definition) is 3. The van der Waals surface area contributed by atoms with Gasteiger partial charge in [0, 0.05) is 18.6 Å². The second-order valence-electron chi connectivity index (χ2n) is 5.69. The van der Waals surface area contributed by atoms with E-state index in [9.17, 15) is 4.39 Å². The monoisotopic (exact) mass is 280 g/mol. The maximum absolute atomic E-state index is 13.4. The standard InChI is InChI=1S/C16H25FN2O/c1-12(11-19-8-4-5-9-19)18-13(2)14-6-7-15(17)16(10-14)20-3/h6-7,10,12-13,18H,4-5,8-9,11H2,1-3H3. The topological polar surface area (TPSA) is 24.5 Å². The molecule has 0 amide bonds. The van der Waals surface area contributed by atoms with E-state index >= 15 is 0 Å². The average molecular weight is 280 g/mol. The molecule has 0 aliphatic carbocycles. The van der Waals surface area contributed by atoms with Gasteiger partial charge in [-0.2, -0.15) is 0 Å². The van der Waals surface area contributed by atoms with Crippen LogP contribution in [0, 0.1) is 5.82 Å². The normalized spacial score (nSPS) is 19.0. The van der Waals surface area contributed by atoms with Gasteiger partial charge in [-0.25, -0.2) is 4.39 Å². The van der Waals surface area contributed by atoms with Crippen LogP contribution in [0.5, 0.6) is 5.75 Å². The quantitative estimate of drug-likeness (QED) is 0.867. The van der Waals surface area contributed by atoms with Crippen molar-refractivity contribution in [1.82, 2.24) is 10.2 Å². The molecule has 1 aliphatic rings. The molecule has 20 heavy (non-hydrogen) atoms. The first-order chi connectivity index (χ1) is 9.60. The number of ether oxygens (including phenoxy) is 1. The van der Waals surface area contributed by atoms with Crippen molar-refractivity contribution in [2.45, 2.75) is 38.8 Å². The third-order valence-electron chi connectivity index (χ3n) is 3.94. The van der Waals surface area contributed by atoms with Gasteiger partial charge in [0.05, 0.1) is 7.11 Å². The fourth-order valence-electron chi connectivity index (χ4n) is 2.87. The molecule has 0 spiro atoms. The lowest BCUT2D eigenvalue weighted by molar-refractivity contribution is 0.289. The fourth-order valence-corrected chi connectivity index (χ4v) is 2.87. The van der Waals surface area contributed by atoms with Crippen molar-refractivity contribution in [1.29, 1.82) is 0 Å². The van der Waals surface area contributed by atoms with Crippen molar-refractivity contribution in [3.8, 4) is 5.75 Å². The molecule has 1 fully saturated rings. The van der Waals surface area contributed by atoms with Crippen LogP contribution in [0.25, 0.3) is 0 Å². The zero-order valence-electron chi connectivity index (χ0n) is 12.7. The van der Waals surface area contributed by atoms with Crippen molar-refractivity contribution in [2.75, 3.05) is 26.7 Å². The van der Waals surface area contributed by atoms with Crippen LogP contribution in [0.4, 0.5) is 4.39 Å². The highest BCUT2D eigenvalue weighted by Crippen LogP contribution is 2.22. The number of rotatable bonds is 6. The van der Waals surface area contributed by atoms with Crippen molar-refractivity contribution in [2.24, 2.45) is 0 Å². The Morgan fingerprint density at radius 2 is 2.00 bits per heavy atom. The fraction of sp³-hybridized carbons (Fsp3) is 0.625. The van der Waals surface area contributed by atoms with Gasteiger partial charge in [-0.1, -0.05) is 6.07 Å². The molecule has 4 heteroatoms. The van der Waals surface area contributed by atoms with E-state index in [1.165, 1.54) is 39.1 Å². The SMILES string of the molecule is COc1cc(C(C)NC(C)CN2CCCC2)ccc1F. The summed E-state index contributed by atoms with van der Waals surface area (Å²) in [5.74, 6) is -0.00286. The number of halogens is 1. The molecule has 0 aromatic heterocycles. The highest BCUT2D eigenvalue weighted by molar-refractivity contribution is 5.31. The van der Waals surface area contributed by atoms with Gasteiger partial charge in [-0.05, 0) is 57.5 Å². The Bertz CT molecular complexity index is 432. The van der Waals surface area contributed by atoms with Gasteiger partial charge in [0.1, 0.15) is 0 Å². The van der Waals surface area contributed by atoms with Crippen molar-refractivity contribution < 1.29 is 9.13 Å². The lowest BCUT2D eigenvalue weighted by Crippen LogP contribution is -2.39. The Kier molecular flexibility index (Phi) is 5.38. The lowest BCUT2D eigenvalue weighted by Gasteiger charge is -2.25. The summed E-state index contributed by atoms with van der Waals surface area (Å²) >= 11 is 0. The summed E-state index contributed by atoms with van der Waals surface area (Å²) in [5.41, 5.74) is 1.05.